The summed E-state index contributed by atoms with van der Waals surface area (Å²) in [7, 11) is 1.77. The Morgan fingerprint density at radius 1 is 0.943 bits per heavy atom. The molecule has 1 unspecified atom stereocenters. The third-order valence-corrected chi connectivity index (χ3v) is 7.08. The summed E-state index contributed by atoms with van der Waals surface area (Å²) in [6, 6.07) is 22.7. The van der Waals surface area contributed by atoms with Crippen LogP contribution in [0.3, 0.4) is 0 Å². The van der Waals surface area contributed by atoms with Crippen LogP contribution < -0.4 is 11.3 Å². The Morgan fingerprint density at radius 2 is 1.69 bits per heavy atom. The number of nitrogens with two attached hydrogens (primary N) is 1. The van der Waals surface area contributed by atoms with Gasteiger partial charge in [-0.25, -0.2) is 4.98 Å². The molecule has 5 aromatic rings. The van der Waals surface area contributed by atoms with Crippen molar-refractivity contribution in [2.75, 3.05) is 0 Å². The number of hydrogen-bond acceptors (Lipinski definition) is 3. The molecule has 0 spiro atoms. The van der Waals surface area contributed by atoms with E-state index in [9.17, 15) is 4.79 Å². The lowest BCUT2D eigenvalue weighted by molar-refractivity contribution is 0.572. The molecule has 0 saturated heterocycles. The minimum absolute atomic E-state index is 0.0963. The van der Waals surface area contributed by atoms with Crippen LogP contribution >= 0.6 is 23.2 Å². The van der Waals surface area contributed by atoms with Crippen LogP contribution in [-0.4, -0.2) is 14.1 Å². The summed E-state index contributed by atoms with van der Waals surface area (Å²) in [5, 5.41) is 2.14. The van der Waals surface area contributed by atoms with E-state index >= 15 is 0 Å². The van der Waals surface area contributed by atoms with Crippen molar-refractivity contribution in [3.63, 3.8) is 0 Å². The number of fused-ring (bicyclic) bond motifs is 1. The molecule has 0 saturated carbocycles. The first-order valence-corrected chi connectivity index (χ1v) is 12.0. The summed E-state index contributed by atoms with van der Waals surface area (Å²) in [5.74, 6) is 0. The van der Waals surface area contributed by atoms with Gasteiger partial charge in [-0.2, -0.15) is 0 Å². The van der Waals surface area contributed by atoms with E-state index in [0.717, 1.165) is 45.4 Å². The van der Waals surface area contributed by atoms with Crippen LogP contribution in [0.5, 0.6) is 0 Å². The van der Waals surface area contributed by atoms with Gasteiger partial charge in [0.25, 0.3) is 5.56 Å². The largest absolute Gasteiger partial charge is 0.333 e. The maximum Gasteiger partial charge on any atom is 0.251 e. The van der Waals surface area contributed by atoms with E-state index in [-0.39, 0.29) is 5.56 Å². The molecule has 0 bridgehead atoms. The molecule has 0 aliphatic rings. The van der Waals surface area contributed by atoms with Crippen molar-refractivity contribution in [2.24, 2.45) is 12.8 Å². The third-order valence-electron chi connectivity index (χ3n) is 6.59. The lowest BCUT2D eigenvalue weighted by Crippen LogP contribution is -2.41. The van der Waals surface area contributed by atoms with Crippen LogP contribution in [0, 0.1) is 0 Å². The van der Waals surface area contributed by atoms with Gasteiger partial charge in [-0.15, -0.1) is 0 Å². The Hall–Kier alpha value is -3.38. The van der Waals surface area contributed by atoms with Crippen LogP contribution in [0.1, 0.15) is 23.7 Å². The van der Waals surface area contributed by atoms with Crippen molar-refractivity contribution in [3.05, 3.63) is 123 Å². The van der Waals surface area contributed by atoms with Crippen molar-refractivity contribution in [2.45, 2.75) is 19.0 Å². The van der Waals surface area contributed by atoms with Crippen LogP contribution in [-0.2, 0) is 19.1 Å². The number of rotatable bonds is 5. The molecule has 3 aromatic carbocycles. The number of imidazole rings is 1. The monoisotopic (exact) mass is 502 g/mol. The molecule has 0 aliphatic carbocycles. The Bertz CT molecular complexity index is 1600. The van der Waals surface area contributed by atoms with E-state index in [1.807, 2.05) is 65.2 Å². The number of benzene rings is 3. The molecule has 35 heavy (non-hydrogen) atoms. The molecule has 176 valence electrons. The fourth-order valence-electron chi connectivity index (χ4n) is 4.68. The van der Waals surface area contributed by atoms with E-state index in [0.29, 0.717) is 10.0 Å². The maximum absolute atomic E-state index is 12.8. The van der Waals surface area contributed by atoms with Crippen LogP contribution in [0.15, 0.2) is 90.1 Å². The van der Waals surface area contributed by atoms with Gasteiger partial charge in [-0.1, -0.05) is 53.5 Å². The van der Waals surface area contributed by atoms with Gasteiger partial charge in [0.1, 0.15) is 5.54 Å². The van der Waals surface area contributed by atoms with Crippen LogP contribution in [0.2, 0.25) is 10.0 Å². The van der Waals surface area contributed by atoms with Crippen molar-refractivity contribution in [1.29, 1.82) is 0 Å². The smallest absolute Gasteiger partial charge is 0.251 e. The zero-order chi connectivity index (χ0) is 24.7. The number of halogens is 2. The summed E-state index contributed by atoms with van der Waals surface area (Å²) in [4.78, 5) is 17.2. The lowest BCUT2D eigenvalue weighted by atomic mass is 9.80. The van der Waals surface area contributed by atoms with Gasteiger partial charge in [-0.3, -0.25) is 4.79 Å². The van der Waals surface area contributed by atoms with Crippen LogP contribution in [0.25, 0.3) is 22.0 Å². The standard InChI is InChI=1S/C28H24Cl2N4O/c1-3-34-17-32-16-26(34)28(31,19-7-10-21(29)11-8-19)20-9-12-25-24(14-20)23(15-27(35)33(25)2)18-5-4-6-22(30)13-18/h4-17H,3,31H2,1-2H3. The molecule has 2 aromatic heterocycles. The van der Waals surface area contributed by atoms with E-state index in [1.54, 1.807) is 30.2 Å². The quantitative estimate of drug-likeness (QED) is 0.321. The minimum Gasteiger partial charge on any atom is -0.333 e. The Kier molecular flexibility index (Phi) is 6.01. The number of pyridine rings is 1. The second-order valence-corrected chi connectivity index (χ2v) is 9.45. The summed E-state index contributed by atoms with van der Waals surface area (Å²) < 4.78 is 3.68. The Labute approximate surface area is 213 Å². The van der Waals surface area contributed by atoms with E-state index in [2.05, 4.69) is 18.0 Å². The fraction of sp³-hybridized carbons (Fsp3) is 0.143. The molecule has 0 radical (unpaired) electrons. The van der Waals surface area contributed by atoms with Gasteiger partial charge in [0.05, 0.1) is 23.7 Å². The first kappa shape index (κ1) is 23.4. The van der Waals surface area contributed by atoms with E-state index < -0.39 is 5.54 Å². The zero-order valence-electron chi connectivity index (χ0n) is 19.4. The molecular formula is C28H24Cl2N4O. The molecule has 0 fully saturated rings. The zero-order valence-corrected chi connectivity index (χ0v) is 20.9. The maximum atomic E-state index is 12.8. The number of aromatic nitrogens is 3. The van der Waals surface area contributed by atoms with Crippen molar-refractivity contribution >= 4 is 34.1 Å². The number of hydrogen-bond donors (Lipinski definition) is 1. The summed E-state index contributed by atoms with van der Waals surface area (Å²) in [6.45, 7) is 2.78. The molecule has 2 N–H and O–H groups in total. The number of nitrogens with zero attached hydrogens (tertiary/aromatic N) is 3. The van der Waals surface area contributed by atoms with Crippen molar-refractivity contribution < 1.29 is 0 Å². The summed E-state index contributed by atoms with van der Waals surface area (Å²) in [5.41, 5.74) is 11.3. The third kappa shape index (κ3) is 3.96. The predicted molar refractivity (Wildman–Crippen MR) is 143 cm³/mol. The average molecular weight is 503 g/mol. The summed E-state index contributed by atoms with van der Waals surface area (Å²) >= 11 is 12.5. The highest BCUT2D eigenvalue weighted by Gasteiger charge is 2.35. The van der Waals surface area contributed by atoms with Gasteiger partial charge in [0, 0.05) is 35.1 Å². The average Bonchev–Trinajstić information content (AvgIpc) is 3.35. The Morgan fingerprint density at radius 3 is 2.40 bits per heavy atom. The minimum atomic E-state index is -1.01. The highest BCUT2D eigenvalue weighted by atomic mass is 35.5. The molecule has 0 amide bonds. The van der Waals surface area contributed by atoms with Gasteiger partial charge in [-0.05, 0) is 65.6 Å². The molecular weight excluding hydrogens is 479 g/mol. The second-order valence-electron chi connectivity index (χ2n) is 8.58. The highest BCUT2D eigenvalue weighted by molar-refractivity contribution is 6.31. The second kappa shape index (κ2) is 9.00. The molecule has 1 atom stereocenters. The first-order valence-electron chi connectivity index (χ1n) is 11.3. The van der Waals surface area contributed by atoms with Crippen molar-refractivity contribution in [1.82, 2.24) is 14.1 Å². The molecule has 7 heteroatoms. The van der Waals surface area contributed by atoms with E-state index in [1.165, 1.54) is 0 Å². The van der Waals surface area contributed by atoms with Gasteiger partial charge >= 0.3 is 0 Å². The molecule has 5 rings (SSSR count). The number of aryl methyl sites for hydroxylation is 2. The molecule has 2 heterocycles. The topological polar surface area (TPSA) is 65.8 Å². The van der Waals surface area contributed by atoms with Gasteiger partial charge in [0.15, 0.2) is 0 Å². The van der Waals surface area contributed by atoms with Gasteiger partial charge < -0.3 is 14.9 Å². The highest BCUT2D eigenvalue weighted by Crippen LogP contribution is 2.38. The van der Waals surface area contributed by atoms with Crippen molar-refractivity contribution in [3.8, 4) is 11.1 Å². The Balaban J connectivity index is 1.84. The molecule has 5 nitrogen and oxygen atoms in total. The normalized spacial score (nSPS) is 13.2. The summed E-state index contributed by atoms with van der Waals surface area (Å²) in [6.07, 6.45) is 3.59. The SMILES string of the molecule is CCn1cncc1C(N)(c1ccc(Cl)cc1)c1ccc2c(c1)c(-c1cccc(Cl)c1)cc(=O)n2C. The molecule has 0 aliphatic heterocycles. The predicted octanol–water partition coefficient (Wildman–Crippen LogP) is 5.98. The van der Waals surface area contributed by atoms with E-state index in [4.69, 9.17) is 28.9 Å². The van der Waals surface area contributed by atoms with Crippen LogP contribution in [0.4, 0.5) is 0 Å². The fourth-order valence-corrected chi connectivity index (χ4v) is 4.99. The van der Waals surface area contributed by atoms with Gasteiger partial charge in [0.2, 0.25) is 0 Å². The first-order chi connectivity index (χ1) is 16.8. The lowest BCUT2D eigenvalue weighted by Gasteiger charge is -2.32.